The van der Waals surface area contributed by atoms with Crippen LogP contribution in [-0.4, -0.2) is 19.3 Å². The zero-order chi connectivity index (χ0) is 10.7. The molecular formula is C12H15BrO2. The Morgan fingerprint density at radius 3 is 3.00 bits per heavy atom. The molecule has 0 bridgehead atoms. The number of rotatable bonds is 3. The number of aryl methyl sites for hydroxylation is 1. The highest BCUT2D eigenvalue weighted by Crippen LogP contribution is 2.28. The SMILES string of the molecule is CCc1ccc(OC2CCOC2)c(Br)c1. The van der Waals surface area contributed by atoms with Crippen LogP contribution in [0.25, 0.3) is 0 Å². The minimum absolute atomic E-state index is 0.216. The maximum Gasteiger partial charge on any atom is 0.134 e. The van der Waals surface area contributed by atoms with Gasteiger partial charge in [-0.3, -0.25) is 0 Å². The molecule has 0 aromatic heterocycles. The minimum Gasteiger partial charge on any atom is -0.487 e. The summed E-state index contributed by atoms with van der Waals surface area (Å²) in [4.78, 5) is 0. The van der Waals surface area contributed by atoms with Gasteiger partial charge in [0.25, 0.3) is 0 Å². The van der Waals surface area contributed by atoms with Crippen LogP contribution in [0.15, 0.2) is 22.7 Å². The van der Waals surface area contributed by atoms with Crippen molar-refractivity contribution in [3.05, 3.63) is 28.2 Å². The second-order valence-electron chi connectivity index (χ2n) is 3.72. The fraction of sp³-hybridized carbons (Fsp3) is 0.500. The molecule has 1 atom stereocenters. The van der Waals surface area contributed by atoms with Gasteiger partial charge in [0, 0.05) is 6.42 Å². The van der Waals surface area contributed by atoms with Gasteiger partial charge in [-0.05, 0) is 40.0 Å². The number of hydrogen-bond acceptors (Lipinski definition) is 2. The Morgan fingerprint density at radius 1 is 1.53 bits per heavy atom. The average molecular weight is 271 g/mol. The molecule has 3 heteroatoms. The van der Waals surface area contributed by atoms with E-state index < -0.39 is 0 Å². The Labute approximate surface area is 98.7 Å². The van der Waals surface area contributed by atoms with Gasteiger partial charge in [0.15, 0.2) is 0 Å². The Hall–Kier alpha value is -0.540. The third-order valence-electron chi connectivity index (χ3n) is 2.59. The van der Waals surface area contributed by atoms with Crippen molar-refractivity contribution in [3.8, 4) is 5.75 Å². The first-order chi connectivity index (χ1) is 7.29. The molecule has 1 aliphatic heterocycles. The van der Waals surface area contributed by atoms with E-state index in [2.05, 4.69) is 35.0 Å². The highest BCUT2D eigenvalue weighted by molar-refractivity contribution is 9.10. The molecule has 1 aromatic rings. The monoisotopic (exact) mass is 270 g/mol. The van der Waals surface area contributed by atoms with Crippen LogP contribution in [0.1, 0.15) is 18.9 Å². The van der Waals surface area contributed by atoms with E-state index in [0.29, 0.717) is 6.61 Å². The van der Waals surface area contributed by atoms with Crippen molar-refractivity contribution in [2.24, 2.45) is 0 Å². The highest BCUT2D eigenvalue weighted by atomic mass is 79.9. The maximum absolute atomic E-state index is 5.83. The smallest absolute Gasteiger partial charge is 0.134 e. The van der Waals surface area contributed by atoms with Gasteiger partial charge in [0.05, 0.1) is 17.7 Å². The third-order valence-corrected chi connectivity index (χ3v) is 3.21. The summed E-state index contributed by atoms with van der Waals surface area (Å²) in [7, 11) is 0. The molecule has 1 aromatic carbocycles. The van der Waals surface area contributed by atoms with E-state index in [1.54, 1.807) is 0 Å². The molecule has 0 aliphatic carbocycles. The number of ether oxygens (including phenoxy) is 2. The molecule has 15 heavy (non-hydrogen) atoms. The Balaban J connectivity index is 2.07. The third kappa shape index (κ3) is 2.73. The van der Waals surface area contributed by atoms with Gasteiger partial charge >= 0.3 is 0 Å². The summed E-state index contributed by atoms with van der Waals surface area (Å²) in [6.07, 6.45) is 2.25. The van der Waals surface area contributed by atoms with Crippen molar-refractivity contribution < 1.29 is 9.47 Å². The molecule has 1 aliphatic rings. The van der Waals surface area contributed by atoms with Gasteiger partial charge in [0.2, 0.25) is 0 Å². The van der Waals surface area contributed by atoms with E-state index in [1.165, 1.54) is 5.56 Å². The summed E-state index contributed by atoms with van der Waals surface area (Å²) in [5, 5.41) is 0. The zero-order valence-corrected chi connectivity index (χ0v) is 10.4. The summed E-state index contributed by atoms with van der Waals surface area (Å²) in [6, 6.07) is 6.25. The van der Waals surface area contributed by atoms with E-state index in [1.807, 2.05) is 6.07 Å². The molecule has 82 valence electrons. The number of benzene rings is 1. The van der Waals surface area contributed by atoms with Crippen LogP contribution in [0.3, 0.4) is 0 Å². The van der Waals surface area contributed by atoms with Gasteiger partial charge in [0.1, 0.15) is 11.9 Å². The fourth-order valence-corrected chi connectivity index (χ4v) is 2.16. The lowest BCUT2D eigenvalue weighted by Gasteiger charge is -2.13. The normalized spacial score (nSPS) is 20.5. The Bertz CT molecular complexity index is 332. The number of halogens is 1. The van der Waals surface area contributed by atoms with E-state index in [4.69, 9.17) is 9.47 Å². The molecule has 1 unspecified atom stereocenters. The molecule has 1 heterocycles. The highest BCUT2D eigenvalue weighted by Gasteiger charge is 2.18. The van der Waals surface area contributed by atoms with Gasteiger partial charge in [-0.1, -0.05) is 13.0 Å². The Kier molecular flexibility index (Phi) is 3.65. The second kappa shape index (κ2) is 4.99. The van der Waals surface area contributed by atoms with Crippen molar-refractivity contribution >= 4 is 15.9 Å². The van der Waals surface area contributed by atoms with Gasteiger partial charge in [-0.2, -0.15) is 0 Å². The second-order valence-corrected chi connectivity index (χ2v) is 4.58. The van der Waals surface area contributed by atoms with Gasteiger partial charge < -0.3 is 9.47 Å². The van der Waals surface area contributed by atoms with Crippen LogP contribution in [0.5, 0.6) is 5.75 Å². The largest absolute Gasteiger partial charge is 0.487 e. The molecule has 2 nitrogen and oxygen atoms in total. The summed E-state index contributed by atoms with van der Waals surface area (Å²) in [5.41, 5.74) is 1.32. The summed E-state index contributed by atoms with van der Waals surface area (Å²) >= 11 is 3.53. The van der Waals surface area contributed by atoms with Crippen molar-refractivity contribution in [2.75, 3.05) is 13.2 Å². The van der Waals surface area contributed by atoms with Crippen LogP contribution in [0.2, 0.25) is 0 Å². The maximum atomic E-state index is 5.83. The van der Waals surface area contributed by atoms with E-state index in [9.17, 15) is 0 Å². The molecule has 1 fully saturated rings. The lowest BCUT2D eigenvalue weighted by Crippen LogP contribution is -2.15. The predicted molar refractivity (Wildman–Crippen MR) is 63.4 cm³/mol. The van der Waals surface area contributed by atoms with Crippen LogP contribution in [0, 0.1) is 0 Å². The van der Waals surface area contributed by atoms with E-state index >= 15 is 0 Å². The first kappa shape index (κ1) is 11.0. The van der Waals surface area contributed by atoms with Gasteiger partial charge in [-0.15, -0.1) is 0 Å². The molecule has 1 saturated heterocycles. The topological polar surface area (TPSA) is 18.5 Å². The summed E-state index contributed by atoms with van der Waals surface area (Å²) in [5.74, 6) is 0.919. The van der Waals surface area contributed by atoms with Crippen LogP contribution in [-0.2, 0) is 11.2 Å². The average Bonchev–Trinajstić information content (AvgIpc) is 2.74. The lowest BCUT2D eigenvalue weighted by atomic mass is 10.2. The van der Waals surface area contributed by atoms with Crippen LogP contribution >= 0.6 is 15.9 Å². The molecule has 0 saturated carbocycles. The fourth-order valence-electron chi connectivity index (χ4n) is 1.65. The summed E-state index contributed by atoms with van der Waals surface area (Å²) < 4.78 is 12.1. The molecule has 0 amide bonds. The molecule has 0 radical (unpaired) electrons. The van der Waals surface area contributed by atoms with Gasteiger partial charge in [-0.25, -0.2) is 0 Å². The molecule has 2 rings (SSSR count). The van der Waals surface area contributed by atoms with Crippen molar-refractivity contribution in [1.82, 2.24) is 0 Å². The predicted octanol–water partition coefficient (Wildman–Crippen LogP) is 3.18. The van der Waals surface area contributed by atoms with Crippen molar-refractivity contribution in [3.63, 3.8) is 0 Å². The minimum atomic E-state index is 0.216. The Morgan fingerprint density at radius 2 is 2.40 bits per heavy atom. The van der Waals surface area contributed by atoms with E-state index in [-0.39, 0.29) is 6.10 Å². The molecule has 0 N–H and O–H groups in total. The lowest BCUT2D eigenvalue weighted by molar-refractivity contribution is 0.141. The zero-order valence-electron chi connectivity index (χ0n) is 8.83. The molecule has 0 spiro atoms. The standard InChI is InChI=1S/C12H15BrO2/c1-2-9-3-4-12(11(13)7-9)15-10-5-6-14-8-10/h3-4,7,10H,2,5-6,8H2,1H3. The van der Waals surface area contributed by atoms with Crippen molar-refractivity contribution in [1.29, 1.82) is 0 Å². The van der Waals surface area contributed by atoms with Crippen LogP contribution in [0.4, 0.5) is 0 Å². The van der Waals surface area contributed by atoms with E-state index in [0.717, 1.165) is 29.7 Å². The first-order valence-corrected chi connectivity index (χ1v) is 6.11. The van der Waals surface area contributed by atoms with Crippen molar-refractivity contribution in [2.45, 2.75) is 25.9 Å². The first-order valence-electron chi connectivity index (χ1n) is 5.32. The number of hydrogen-bond donors (Lipinski definition) is 0. The van der Waals surface area contributed by atoms with Crippen LogP contribution < -0.4 is 4.74 Å². The quantitative estimate of drug-likeness (QED) is 0.840. The molecular weight excluding hydrogens is 256 g/mol. The summed E-state index contributed by atoms with van der Waals surface area (Å²) in [6.45, 7) is 3.67.